The molecule has 1 N–H and O–H groups in total. The number of esters is 1. The number of carbonyl (C=O) groups excluding carboxylic acids is 1. The Bertz CT molecular complexity index is 796. The minimum Gasteiger partial charge on any atom is -0.462 e. The van der Waals surface area contributed by atoms with Gasteiger partial charge in [-0.25, -0.2) is 13.2 Å². The van der Waals surface area contributed by atoms with Gasteiger partial charge in [0.15, 0.2) is 0 Å². The number of ether oxygens (including phenoxy) is 1. The van der Waals surface area contributed by atoms with Crippen molar-refractivity contribution in [1.29, 1.82) is 0 Å². The van der Waals surface area contributed by atoms with Crippen molar-refractivity contribution in [2.24, 2.45) is 7.05 Å². The van der Waals surface area contributed by atoms with E-state index in [-0.39, 0.29) is 22.8 Å². The van der Waals surface area contributed by atoms with Crippen LogP contribution in [0.4, 0.5) is 5.69 Å². The maximum Gasteiger partial charge on any atom is 0.338 e. The Hall–Kier alpha value is -2.35. The van der Waals surface area contributed by atoms with Crippen molar-refractivity contribution in [2.45, 2.75) is 18.7 Å². The van der Waals surface area contributed by atoms with E-state index in [0.717, 1.165) is 0 Å². The number of benzene rings is 1. The van der Waals surface area contributed by atoms with E-state index in [9.17, 15) is 13.2 Å². The van der Waals surface area contributed by atoms with Gasteiger partial charge in [0, 0.05) is 18.9 Å². The first kappa shape index (κ1) is 16.0. The normalized spacial score (nSPS) is 11.2. The van der Waals surface area contributed by atoms with E-state index < -0.39 is 16.0 Å². The van der Waals surface area contributed by atoms with Crippen LogP contribution in [0, 0.1) is 6.92 Å². The molecule has 0 aliphatic rings. The third kappa shape index (κ3) is 3.45. The van der Waals surface area contributed by atoms with Crippen LogP contribution in [-0.2, 0) is 21.8 Å². The number of nitrogens with zero attached hydrogens (tertiary/aromatic N) is 2. The molecule has 0 bridgehead atoms. The largest absolute Gasteiger partial charge is 0.462 e. The molecule has 8 heteroatoms. The van der Waals surface area contributed by atoms with Gasteiger partial charge in [0.1, 0.15) is 4.90 Å². The Morgan fingerprint density at radius 3 is 2.73 bits per heavy atom. The van der Waals surface area contributed by atoms with Crippen LogP contribution < -0.4 is 4.72 Å². The lowest BCUT2D eigenvalue weighted by Gasteiger charge is -2.08. The molecule has 2 aromatic rings. The van der Waals surface area contributed by atoms with Crippen LogP contribution in [0.5, 0.6) is 0 Å². The summed E-state index contributed by atoms with van der Waals surface area (Å²) in [4.78, 5) is 11.8. The standard InChI is InChI=1S/C14H17N3O4S/c1-4-21-14(18)11-6-5-7-12(8-11)16-22(19,20)13-9-17(3)15-10(13)2/h5-9,16H,4H2,1-3H3. The Morgan fingerprint density at radius 2 is 2.14 bits per heavy atom. The van der Waals surface area contributed by atoms with E-state index in [1.165, 1.54) is 16.9 Å². The lowest BCUT2D eigenvalue weighted by atomic mass is 10.2. The quantitative estimate of drug-likeness (QED) is 0.846. The summed E-state index contributed by atoms with van der Waals surface area (Å²) in [6, 6.07) is 6.14. The molecular formula is C14H17N3O4S. The maximum atomic E-state index is 12.4. The SMILES string of the molecule is CCOC(=O)c1cccc(NS(=O)(=O)c2cn(C)nc2C)c1. The van der Waals surface area contributed by atoms with E-state index in [4.69, 9.17) is 4.74 Å². The summed E-state index contributed by atoms with van der Waals surface area (Å²) in [7, 11) is -2.12. The van der Waals surface area contributed by atoms with Crippen molar-refractivity contribution in [3.05, 3.63) is 41.7 Å². The number of sulfonamides is 1. The number of aryl methyl sites for hydroxylation is 2. The maximum absolute atomic E-state index is 12.4. The summed E-state index contributed by atoms with van der Waals surface area (Å²) in [6.07, 6.45) is 1.42. The van der Waals surface area contributed by atoms with Crippen molar-refractivity contribution in [3.63, 3.8) is 0 Å². The predicted octanol–water partition coefficient (Wildman–Crippen LogP) is 1.71. The highest BCUT2D eigenvalue weighted by Crippen LogP contribution is 2.19. The fourth-order valence-corrected chi connectivity index (χ4v) is 3.24. The zero-order valence-electron chi connectivity index (χ0n) is 12.5. The molecule has 0 saturated heterocycles. The lowest BCUT2D eigenvalue weighted by Crippen LogP contribution is -2.14. The number of hydrogen-bond donors (Lipinski definition) is 1. The van der Waals surface area contributed by atoms with Crippen LogP contribution in [0.3, 0.4) is 0 Å². The molecule has 1 heterocycles. The van der Waals surface area contributed by atoms with Crippen molar-refractivity contribution < 1.29 is 17.9 Å². The van der Waals surface area contributed by atoms with Crippen LogP contribution in [-0.4, -0.2) is 30.8 Å². The molecule has 1 aromatic heterocycles. The monoisotopic (exact) mass is 323 g/mol. The highest BCUT2D eigenvalue weighted by molar-refractivity contribution is 7.92. The van der Waals surface area contributed by atoms with Crippen molar-refractivity contribution in [2.75, 3.05) is 11.3 Å². The van der Waals surface area contributed by atoms with Gasteiger partial charge in [0.05, 0.1) is 17.9 Å². The third-order valence-corrected chi connectivity index (χ3v) is 4.37. The number of carbonyl (C=O) groups is 1. The summed E-state index contributed by atoms with van der Waals surface area (Å²) in [5, 5.41) is 4.01. The Morgan fingerprint density at radius 1 is 1.41 bits per heavy atom. The van der Waals surface area contributed by atoms with Crippen molar-refractivity contribution in [1.82, 2.24) is 9.78 Å². The second-order valence-corrected chi connectivity index (χ2v) is 6.31. The molecule has 0 aliphatic carbocycles. The molecule has 1 aromatic carbocycles. The van der Waals surface area contributed by atoms with Crippen LogP contribution >= 0.6 is 0 Å². The minimum atomic E-state index is -3.76. The van der Waals surface area contributed by atoms with E-state index >= 15 is 0 Å². The first-order valence-corrected chi connectivity index (χ1v) is 8.12. The number of aromatic nitrogens is 2. The predicted molar refractivity (Wildman–Crippen MR) is 81.2 cm³/mol. The van der Waals surface area contributed by atoms with E-state index in [1.807, 2.05) is 0 Å². The van der Waals surface area contributed by atoms with Gasteiger partial charge in [-0.15, -0.1) is 0 Å². The summed E-state index contributed by atoms with van der Waals surface area (Å²) < 4.78 is 33.5. The Labute approximate surface area is 129 Å². The smallest absolute Gasteiger partial charge is 0.338 e. The van der Waals surface area contributed by atoms with Gasteiger partial charge in [-0.3, -0.25) is 9.40 Å². The molecule has 0 saturated carbocycles. The number of rotatable bonds is 5. The minimum absolute atomic E-state index is 0.0940. The molecule has 0 amide bonds. The topological polar surface area (TPSA) is 90.3 Å². The highest BCUT2D eigenvalue weighted by Gasteiger charge is 2.20. The fourth-order valence-electron chi connectivity index (χ4n) is 1.98. The van der Waals surface area contributed by atoms with Gasteiger partial charge in [-0.05, 0) is 32.0 Å². The molecule has 2 rings (SSSR count). The molecule has 0 radical (unpaired) electrons. The second kappa shape index (κ2) is 6.18. The molecule has 0 aliphatic heterocycles. The van der Waals surface area contributed by atoms with Crippen LogP contribution in [0.2, 0.25) is 0 Å². The first-order valence-electron chi connectivity index (χ1n) is 6.63. The fraction of sp³-hybridized carbons (Fsp3) is 0.286. The average molecular weight is 323 g/mol. The van der Waals surface area contributed by atoms with Crippen molar-refractivity contribution in [3.8, 4) is 0 Å². The van der Waals surface area contributed by atoms with E-state index in [0.29, 0.717) is 5.69 Å². The lowest BCUT2D eigenvalue weighted by molar-refractivity contribution is 0.0526. The molecule has 118 valence electrons. The van der Waals surface area contributed by atoms with E-state index in [1.54, 1.807) is 39.1 Å². The summed E-state index contributed by atoms with van der Waals surface area (Å²) in [5.74, 6) is -0.499. The number of anilines is 1. The molecule has 0 atom stereocenters. The first-order chi connectivity index (χ1) is 10.3. The highest BCUT2D eigenvalue weighted by atomic mass is 32.2. The molecule has 7 nitrogen and oxygen atoms in total. The summed E-state index contributed by atoms with van der Waals surface area (Å²) in [5.41, 5.74) is 0.968. The van der Waals surface area contributed by atoms with Gasteiger partial charge in [0.2, 0.25) is 0 Å². The molecule has 0 spiro atoms. The van der Waals surface area contributed by atoms with Gasteiger partial charge < -0.3 is 4.74 Å². The zero-order valence-corrected chi connectivity index (χ0v) is 13.3. The molecule has 0 fully saturated rings. The van der Waals surface area contributed by atoms with Gasteiger partial charge in [0.25, 0.3) is 10.0 Å². The Kier molecular flexibility index (Phi) is 4.51. The van der Waals surface area contributed by atoms with Gasteiger partial charge >= 0.3 is 5.97 Å². The molecule has 0 unspecified atom stereocenters. The summed E-state index contributed by atoms with van der Waals surface area (Å²) in [6.45, 7) is 3.57. The second-order valence-electron chi connectivity index (χ2n) is 4.66. The van der Waals surface area contributed by atoms with Crippen LogP contribution in [0.1, 0.15) is 23.0 Å². The zero-order chi connectivity index (χ0) is 16.3. The van der Waals surface area contributed by atoms with Crippen molar-refractivity contribution >= 4 is 21.7 Å². The van der Waals surface area contributed by atoms with Crippen LogP contribution in [0.25, 0.3) is 0 Å². The molecule has 22 heavy (non-hydrogen) atoms. The number of nitrogens with one attached hydrogen (secondary N) is 1. The summed E-state index contributed by atoms with van der Waals surface area (Å²) >= 11 is 0. The van der Waals surface area contributed by atoms with E-state index in [2.05, 4.69) is 9.82 Å². The van der Waals surface area contributed by atoms with Gasteiger partial charge in [-0.1, -0.05) is 6.07 Å². The molecular weight excluding hydrogens is 306 g/mol. The third-order valence-electron chi connectivity index (χ3n) is 2.88. The Balaban J connectivity index is 2.29. The van der Waals surface area contributed by atoms with Crippen LogP contribution in [0.15, 0.2) is 35.4 Å². The van der Waals surface area contributed by atoms with Gasteiger partial charge in [-0.2, -0.15) is 5.10 Å². The number of hydrogen-bond acceptors (Lipinski definition) is 5. The average Bonchev–Trinajstić information content (AvgIpc) is 2.79.